The van der Waals surface area contributed by atoms with Gasteiger partial charge < -0.3 is 0 Å². The smallest absolute Gasteiger partial charge is 0.0635 e. The lowest BCUT2D eigenvalue weighted by atomic mass is 9.56. The number of hydrogen-bond acceptors (Lipinski definition) is 0. The maximum absolute atomic E-state index is 2.95. The second-order valence-corrected chi connectivity index (χ2v) is 46.7. The van der Waals surface area contributed by atoms with Crippen LogP contribution in [0.4, 0.5) is 0 Å². The van der Waals surface area contributed by atoms with E-state index in [1.165, 1.54) is 0 Å². The van der Waals surface area contributed by atoms with Crippen LogP contribution in [0.1, 0.15) is 106 Å². The van der Waals surface area contributed by atoms with Crippen LogP contribution >= 0.6 is 0 Å². The van der Waals surface area contributed by atoms with E-state index < -0.39 is 30.1 Å². The average Bonchev–Trinajstić information content (AvgIpc) is 2.71. The molecule has 8 rings (SSSR count). The Balaban J connectivity index is 1.66. The zero-order valence-corrected chi connectivity index (χ0v) is 29.7. The monoisotopic (exact) mass is 554 g/mol. The summed E-state index contributed by atoms with van der Waals surface area (Å²) >= 11 is 0. The van der Waals surface area contributed by atoms with Crippen molar-refractivity contribution in [2.45, 2.75) is 142 Å². The molecule has 8 fully saturated rings. The summed E-state index contributed by atoms with van der Waals surface area (Å²) in [4.78, 5) is 0. The molecule has 0 saturated heterocycles. The molecule has 8 bridgehead atoms. The van der Waals surface area contributed by atoms with Crippen molar-refractivity contribution in [2.75, 3.05) is 0 Å². The minimum Gasteiger partial charge on any atom is -0.0857 e. The second-order valence-electron chi connectivity index (χ2n) is 18.0. The standard InChI is InChI=1S/C32H58Si4/c1-31(2,3)35(7,8)33(29-25-13-21-11-22(15-25)16-26(29)14-21)34(36(9,10)32(4,5)6)30-27-17-23-12-24(19-27)20-28(30)18-23/h21-28H,11-20H2,1-10H3. The highest BCUT2D eigenvalue weighted by Gasteiger charge is 2.56. The third-order valence-corrected chi connectivity index (χ3v) is 62.1. The molecule has 8 aliphatic rings. The van der Waals surface area contributed by atoms with E-state index in [1.807, 2.05) is 0 Å². The molecule has 0 radical (unpaired) electrons. The lowest BCUT2D eigenvalue weighted by molar-refractivity contribution is 0.111. The molecule has 0 unspecified atom stereocenters. The molecule has 0 N–H and O–H groups in total. The van der Waals surface area contributed by atoms with E-state index in [1.54, 1.807) is 64.2 Å². The first kappa shape index (κ1) is 26.8. The van der Waals surface area contributed by atoms with Crippen LogP contribution in [0.2, 0.25) is 36.3 Å². The molecule has 8 aliphatic carbocycles. The second kappa shape index (κ2) is 8.55. The Bertz CT molecular complexity index is 843. The molecule has 0 atom stereocenters. The lowest BCUT2D eigenvalue weighted by Gasteiger charge is -2.58. The van der Waals surface area contributed by atoms with Crippen LogP contribution in [-0.2, 0) is 0 Å². The van der Waals surface area contributed by atoms with Gasteiger partial charge in [0.25, 0.3) is 0 Å². The molecule has 0 aromatic heterocycles. The van der Waals surface area contributed by atoms with Gasteiger partial charge in [-0.25, -0.2) is 0 Å². The summed E-state index contributed by atoms with van der Waals surface area (Å²) < 4.78 is 0. The Labute approximate surface area is 229 Å². The van der Waals surface area contributed by atoms with Gasteiger partial charge in [-0.2, -0.15) is 0 Å². The molecular weight excluding hydrogens is 497 g/mol. The number of rotatable bonds is 3. The highest BCUT2D eigenvalue weighted by Crippen LogP contribution is 2.56. The maximum Gasteiger partial charge on any atom is 0.0635 e. The van der Waals surface area contributed by atoms with E-state index in [4.69, 9.17) is 0 Å². The Morgan fingerprint density at radius 3 is 0.861 bits per heavy atom. The van der Waals surface area contributed by atoms with Gasteiger partial charge in [0.2, 0.25) is 0 Å². The minimum absolute atomic E-state index is 0.477. The first-order valence-electron chi connectivity index (χ1n) is 16.1. The van der Waals surface area contributed by atoms with E-state index in [0.29, 0.717) is 10.1 Å². The van der Waals surface area contributed by atoms with E-state index in [9.17, 15) is 0 Å². The molecule has 0 spiro atoms. The van der Waals surface area contributed by atoms with Crippen molar-refractivity contribution in [2.24, 2.45) is 47.3 Å². The van der Waals surface area contributed by atoms with Gasteiger partial charge in [0.1, 0.15) is 0 Å². The fourth-order valence-electron chi connectivity index (χ4n) is 10.6. The summed E-state index contributed by atoms with van der Waals surface area (Å²) in [6.07, 6.45) is 16.1. The predicted octanol–water partition coefficient (Wildman–Crippen LogP) is 8.65. The molecule has 202 valence electrons. The molecule has 4 heteroatoms. The largest absolute Gasteiger partial charge is 0.0857 e. The van der Waals surface area contributed by atoms with Crippen molar-refractivity contribution >= 4 is 40.4 Å². The van der Waals surface area contributed by atoms with Crippen molar-refractivity contribution in [1.29, 1.82) is 0 Å². The van der Waals surface area contributed by atoms with Crippen LogP contribution in [0, 0.1) is 47.3 Å². The molecule has 0 aromatic carbocycles. The predicted molar refractivity (Wildman–Crippen MR) is 170 cm³/mol. The van der Waals surface area contributed by atoms with Gasteiger partial charge in [-0.05, 0) is 122 Å². The van der Waals surface area contributed by atoms with Crippen LogP contribution < -0.4 is 0 Å². The Hall–Kier alpha value is 0.608. The lowest BCUT2D eigenvalue weighted by Crippen LogP contribution is -2.70. The van der Waals surface area contributed by atoms with Gasteiger partial charge in [0.05, 0.1) is 15.2 Å². The molecular formula is C32H58Si4. The van der Waals surface area contributed by atoms with E-state index in [0.717, 1.165) is 47.3 Å². The summed E-state index contributed by atoms with van der Waals surface area (Å²) in [5, 5.41) is 5.79. The fraction of sp³-hybridized carbons (Fsp3) is 0.938. The molecule has 0 amide bonds. The average molecular weight is 555 g/mol. The van der Waals surface area contributed by atoms with Gasteiger partial charge >= 0.3 is 0 Å². The van der Waals surface area contributed by atoms with Crippen LogP contribution in [0.25, 0.3) is 0 Å². The third kappa shape index (κ3) is 4.02. The fourth-order valence-corrected chi connectivity index (χ4v) is 74.6. The molecule has 8 saturated carbocycles. The van der Waals surface area contributed by atoms with Crippen molar-refractivity contribution in [3.8, 4) is 0 Å². The zero-order chi connectivity index (χ0) is 26.0. The van der Waals surface area contributed by atoms with Crippen LogP contribution in [0.5, 0.6) is 0 Å². The van der Waals surface area contributed by atoms with Crippen LogP contribution in [0.3, 0.4) is 0 Å². The van der Waals surface area contributed by atoms with Crippen LogP contribution in [0.15, 0.2) is 0 Å². The zero-order valence-electron chi connectivity index (χ0n) is 25.7. The Kier molecular flexibility index (Phi) is 6.37. The highest BCUT2D eigenvalue weighted by atomic mass is 29.8. The summed E-state index contributed by atoms with van der Waals surface area (Å²) in [7, 11) is -3.87. The first-order chi connectivity index (χ1) is 16.6. The van der Waals surface area contributed by atoms with Gasteiger partial charge in [-0.1, -0.05) is 78.1 Å². The summed E-state index contributed by atoms with van der Waals surface area (Å²) in [5.41, 5.74) is 0. The molecule has 0 aromatic rings. The summed E-state index contributed by atoms with van der Waals surface area (Å²) in [6.45, 7) is 28.0. The van der Waals surface area contributed by atoms with E-state index in [-0.39, 0.29) is 0 Å². The third-order valence-electron chi connectivity index (χ3n) is 13.9. The highest BCUT2D eigenvalue weighted by molar-refractivity contribution is 7.72. The van der Waals surface area contributed by atoms with Crippen molar-refractivity contribution in [3.05, 3.63) is 0 Å². The van der Waals surface area contributed by atoms with Gasteiger partial charge in [-0.3, -0.25) is 0 Å². The number of hydrogen-bond donors (Lipinski definition) is 0. The van der Waals surface area contributed by atoms with Crippen molar-refractivity contribution in [3.63, 3.8) is 0 Å². The quantitative estimate of drug-likeness (QED) is 0.306. The van der Waals surface area contributed by atoms with E-state index in [2.05, 4.69) is 78.1 Å². The first-order valence-corrected chi connectivity index (χ1v) is 28.1. The summed E-state index contributed by atoms with van der Waals surface area (Å²) in [6, 6.07) is 0. The molecule has 0 aliphatic heterocycles. The van der Waals surface area contributed by atoms with Gasteiger partial charge in [0, 0.05) is 14.9 Å². The maximum atomic E-state index is 2.95. The van der Waals surface area contributed by atoms with Gasteiger partial charge in [0.15, 0.2) is 0 Å². The molecule has 0 heterocycles. The van der Waals surface area contributed by atoms with E-state index >= 15 is 0 Å². The topological polar surface area (TPSA) is 0 Å². The minimum atomic E-state index is -1.46. The Morgan fingerprint density at radius 2 is 0.667 bits per heavy atom. The Morgan fingerprint density at radius 1 is 0.444 bits per heavy atom. The summed E-state index contributed by atoms with van der Waals surface area (Å²) in [5.74, 6) is 8.68. The van der Waals surface area contributed by atoms with Crippen molar-refractivity contribution in [1.82, 2.24) is 0 Å². The van der Waals surface area contributed by atoms with Gasteiger partial charge in [-0.15, -0.1) is 0 Å². The molecule has 36 heavy (non-hydrogen) atoms. The normalized spacial score (nSPS) is 39.8. The van der Waals surface area contributed by atoms with Crippen LogP contribution in [-0.4, -0.2) is 40.4 Å². The van der Waals surface area contributed by atoms with Crippen molar-refractivity contribution < 1.29 is 0 Å². The SMILES string of the molecule is CC(C)(C)[Si](C)(C)[Si](=C1C2CC3CC(C2)CC1C3)[Si](=C1C2CC3CC(C2)CC1C3)[Si](C)(C)C(C)(C)C. The molecule has 0 nitrogen and oxygen atoms in total.